The molecule has 0 aliphatic carbocycles. The standard InChI is InChI=1S/C15H20BrNO5S/c1-4-17(5-2)23(19,20)11-7-10-8-13(15(18)21-6-3)22-14(10)12(16)9-11/h7,9,13H,4-6,8H2,1-3H3. The fourth-order valence-electron chi connectivity index (χ4n) is 2.52. The molecule has 0 aromatic heterocycles. The van der Waals surface area contributed by atoms with E-state index in [2.05, 4.69) is 15.9 Å². The average molecular weight is 406 g/mol. The minimum atomic E-state index is -3.56. The Hall–Kier alpha value is -1.12. The van der Waals surface area contributed by atoms with Crippen LogP contribution in [0, 0.1) is 0 Å². The highest BCUT2D eigenvalue weighted by Crippen LogP contribution is 2.39. The van der Waals surface area contributed by atoms with Crippen LogP contribution in [-0.4, -0.2) is 44.5 Å². The van der Waals surface area contributed by atoms with Gasteiger partial charge in [0.15, 0.2) is 6.10 Å². The van der Waals surface area contributed by atoms with Gasteiger partial charge in [-0.2, -0.15) is 4.31 Å². The van der Waals surface area contributed by atoms with E-state index in [0.29, 0.717) is 35.3 Å². The van der Waals surface area contributed by atoms with Crippen LogP contribution in [0.5, 0.6) is 5.75 Å². The van der Waals surface area contributed by atoms with E-state index in [4.69, 9.17) is 9.47 Å². The molecule has 0 N–H and O–H groups in total. The molecule has 0 fully saturated rings. The number of hydrogen-bond acceptors (Lipinski definition) is 5. The SMILES string of the molecule is CCOC(=O)C1Cc2cc(S(=O)(=O)N(CC)CC)cc(Br)c2O1. The first-order valence-corrected chi connectivity index (χ1v) is 9.74. The molecule has 8 heteroatoms. The lowest BCUT2D eigenvalue weighted by molar-refractivity contribution is -0.150. The van der Waals surface area contributed by atoms with Crippen LogP contribution >= 0.6 is 15.9 Å². The summed E-state index contributed by atoms with van der Waals surface area (Å²) in [5.41, 5.74) is 0.683. The highest BCUT2D eigenvalue weighted by molar-refractivity contribution is 9.10. The normalized spacial score (nSPS) is 17.0. The molecule has 1 atom stereocenters. The minimum absolute atomic E-state index is 0.194. The van der Waals surface area contributed by atoms with Gasteiger partial charge in [0.2, 0.25) is 10.0 Å². The Labute approximate surface area is 144 Å². The predicted octanol–water partition coefficient (Wildman–Crippen LogP) is 2.35. The van der Waals surface area contributed by atoms with Crippen molar-refractivity contribution in [1.82, 2.24) is 4.31 Å². The number of halogens is 1. The van der Waals surface area contributed by atoms with E-state index in [1.54, 1.807) is 26.8 Å². The van der Waals surface area contributed by atoms with Crippen molar-refractivity contribution >= 4 is 31.9 Å². The van der Waals surface area contributed by atoms with E-state index < -0.39 is 22.1 Å². The smallest absolute Gasteiger partial charge is 0.347 e. The van der Waals surface area contributed by atoms with Crippen molar-refractivity contribution in [3.05, 3.63) is 22.2 Å². The second kappa shape index (κ2) is 7.19. The zero-order chi connectivity index (χ0) is 17.2. The highest BCUT2D eigenvalue weighted by atomic mass is 79.9. The van der Waals surface area contributed by atoms with Crippen molar-refractivity contribution in [1.29, 1.82) is 0 Å². The summed E-state index contributed by atoms with van der Waals surface area (Å²) in [6.07, 6.45) is -0.429. The average Bonchev–Trinajstić information content (AvgIpc) is 2.93. The largest absolute Gasteiger partial charge is 0.477 e. The van der Waals surface area contributed by atoms with E-state index in [1.807, 2.05) is 0 Å². The molecule has 23 heavy (non-hydrogen) atoms. The molecular weight excluding hydrogens is 386 g/mol. The van der Waals surface area contributed by atoms with Crippen molar-refractivity contribution in [2.24, 2.45) is 0 Å². The van der Waals surface area contributed by atoms with Gasteiger partial charge >= 0.3 is 5.97 Å². The van der Waals surface area contributed by atoms with Gasteiger partial charge in [-0.05, 0) is 35.0 Å². The lowest BCUT2D eigenvalue weighted by Crippen LogP contribution is -2.30. The van der Waals surface area contributed by atoms with Crippen molar-refractivity contribution in [3.8, 4) is 5.75 Å². The summed E-state index contributed by atoms with van der Waals surface area (Å²) < 4.78 is 37.7. The molecule has 1 aromatic rings. The summed E-state index contributed by atoms with van der Waals surface area (Å²) in [6, 6.07) is 3.09. The van der Waals surface area contributed by atoms with Gasteiger partial charge in [-0.25, -0.2) is 13.2 Å². The number of carbonyl (C=O) groups excluding carboxylic acids is 1. The number of ether oxygens (including phenoxy) is 2. The van der Waals surface area contributed by atoms with Crippen LogP contribution in [0.25, 0.3) is 0 Å². The van der Waals surface area contributed by atoms with Gasteiger partial charge in [0.25, 0.3) is 0 Å². The van der Waals surface area contributed by atoms with E-state index in [1.165, 1.54) is 10.4 Å². The monoisotopic (exact) mass is 405 g/mol. The second-order valence-corrected chi connectivity index (χ2v) is 7.84. The number of rotatable bonds is 6. The Morgan fingerprint density at radius 3 is 2.57 bits per heavy atom. The molecule has 1 unspecified atom stereocenters. The Balaban J connectivity index is 2.36. The number of sulfonamides is 1. The first-order chi connectivity index (χ1) is 10.8. The van der Waals surface area contributed by atoms with Gasteiger partial charge in [0.1, 0.15) is 5.75 Å². The maximum absolute atomic E-state index is 12.6. The zero-order valence-electron chi connectivity index (χ0n) is 13.3. The summed E-state index contributed by atoms with van der Waals surface area (Å²) in [6.45, 7) is 6.39. The number of nitrogens with zero attached hydrogens (tertiary/aromatic N) is 1. The third-order valence-corrected chi connectivity index (χ3v) is 6.27. The quantitative estimate of drug-likeness (QED) is 0.679. The summed E-state index contributed by atoms with van der Waals surface area (Å²) in [5.74, 6) is 0.0605. The zero-order valence-corrected chi connectivity index (χ0v) is 15.7. The lowest BCUT2D eigenvalue weighted by Gasteiger charge is -2.19. The Morgan fingerprint density at radius 2 is 2.00 bits per heavy atom. The number of benzene rings is 1. The van der Waals surface area contributed by atoms with Gasteiger partial charge in [-0.3, -0.25) is 0 Å². The van der Waals surface area contributed by atoms with Crippen LogP contribution in [-0.2, 0) is 26.0 Å². The molecular formula is C15H20BrNO5S. The minimum Gasteiger partial charge on any atom is -0.477 e. The van der Waals surface area contributed by atoms with Crippen LogP contribution in [0.15, 0.2) is 21.5 Å². The lowest BCUT2D eigenvalue weighted by atomic mass is 10.1. The van der Waals surface area contributed by atoms with Gasteiger partial charge in [0.05, 0.1) is 16.0 Å². The molecule has 1 aliphatic rings. The van der Waals surface area contributed by atoms with E-state index >= 15 is 0 Å². The number of carbonyl (C=O) groups is 1. The third kappa shape index (κ3) is 3.54. The molecule has 128 valence electrons. The van der Waals surface area contributed by atoms with E-state index in [0.717, 1.165) is 0 Å². The number of hydrogen-bond donors (Lipinski definition) is 0. The summed E-state index contributed by atoms with van der Waals surface area (Å²) >= 11 is 3.34. The molecule has 0 saturated carbocycles. The van der Waals surface area contributed by atoms with Gasteiger partial charge in [-0.15, -0.1) is 0 Å². The summed E-state index contributed by atoms with van der Waals surface area (Å²) in [7, 11) is -3.56. The topological polar surface area (TPSA) is 72.9 Å². The molecule has 2 rings (SSSR count). The molecule has 0 amide bonds. The first-order valence-electron chi connectivity index (χ1n) is 7.50. The maximum atomic E-state index is 12.6. The third-order valence-electron chi connectivity index (χ3n) is 3.65. The van der Waals surface area contributed by atoms with E-state index in [-0.39, 0.29) is 11.5 Å². The molecule has 1 aliphatic heterocycles. The predicted molar refractivity (Wildman–Crippen MR) is 89.0 cm³/mol. The second-order valence-electron chi connectivity index (χ2n) is 5.05. The molecule has 0 bridgehead atoms. The van der Waals surface area contributed by atoms with Gasteiger partial charge < -0.3 is 9.47 Å². The van der Waals surface area contributed by atoms with Crippen molar-refractivity contribution in [2.45, 2.75) is 38.2 Å². The Morgan fingerprint density at radius 1 is 1.35 bits per heavy atom. The van der Waals surface area contributed by atoms with Crippen LogP contribution in [0.2, 0.25) is 0 Å². The van der Waals surface area contributed by atoms with E-state index in [9.17, 15) is 13.2 Å². The van der Waals surface area contributed by atoms with Crippen molar-refractivity contribution in [2.75, 3.05) is 19.7 Å². The fraction of sp³-hybridized carbons (Fsp3) is 0.533. The summed E-state index contributed by atoms with van der Waals surface area (Å²) in [5, 5.41) is 0. The summed E-state index contributed by atoms with van der Waals surface area (Å²) in [4.78, 5) is 12.0. The number of esters is 1. The molecule has 1 heterocycles. The molecule has 1 aromatic carbocycles. The maximum Gasteiger partial charge on any atom is 0.347 e. The number of fused-ring (bicyclic) bond motifs is 1. The fourth-order valence-corrected chi connectivity index (χ4v) is 4.80. The highest BCUT2D eigenvalue weighted by Gasteiger charge is 2.34. The van der Waals surface area contributed by atoms with Crippen molar-refractivity contribution < 1.29 is 22.7 Å². The molecule has 0 radical (unpaired) electrons. The van der Waals surface area contributed by atoms with Crippen LogP contribution in [0.3, 0.4) is 0 Å². The molecule has 6 nitrogen and oxygen atoms in total. The first kappa shape index (κ1) is 18.2. The molecule has 0 spiro atoms. The Bertz CT molecular complexity index is 700. The molecule has 0 saturated heterocycles. The Kier molecular flexibility index (Phi) is 5.70. The van der Waals surface area contributed by atoms with Gasteiger partial charge in [-0.1, -0.05) is 13.8 Å². The van der Waals surface area contributed by atoms with Gasteiger partial charge in [0, 0.05) is 25.1 Å². The van der Waals surface area contributed by atoms with Crippen LogP contribution < -0.4 is 4.74 Å². The van der Waals surface area contributed by atoms with Crippen LogP contribution in [0.4, 0.5) is 0 Å². The van der Waals surface area contributed by atoms with Crippen LogP contribution in [0.1, 0.15) is 26.3 Å². The van der Waals surface area contributed by atoms with Crippen molar-refractivity contribution in [3.63, 3.8) is 0 Å².